The molecule has 1 aromatic heterocycles. The second-order valence-corrected chi connectivity index (χ2v) is 8.58. The molecular weight excluding hydrogens is 524 g/mol. The maximum atomic E-state index is 13.5. The van der Waals surface area contributed by atoms with E-state index in [0.29, 0.717) is 23.0 Å². The highest BCUT2D eigenvalue weighted by Crippen LogP contribution is 2.32. The topological polar surface area (TPSA) is 134 Å². The number of aromatic nitrogens is 3. The number of fused-ring (bicyclic) bond motifs is 1. The third-order valence-electron chi connectivity index (χ3n) is 6.02. The number of carbonyl (C=O) groups is 2. The van der Waals surface area contributed by atoms with Crippen LogP contribution in [0.5, 0.6) is 0 Å². The summed E-state index contributed by atoms with van der Waals surface area (Å²) in [5, 5.41) is 30.8. The highest BCUT2D eigenvalue weighted by atomic mass is 19.4. The number of carboxylic acids is 1. The first-order chi connectivity index (χ1) is 18.5. The van der Waals surface area contributed by atoms with Crippen LogP contribution in [0.3, 0.4) is 0 Å². The van der Waals surface area contributed by atoms with E-state index < -0.39 is 52.6 Å². The largest absolute Gasteiger partial charge is 0.481 e. The number of rotatable bonds is 8. The monoisotopic (exact) mass is 544 g/mol. The number of carboxylic acid groups (broad SMARTS) is 1. The van der Waals surface area contributed by atoms with E-state index in [1.807, 2.05) is 0 Å². The molecule has 2 atom stereocenters. The van der Waals surface area contributed by atoms with Crippen LogP contribution in [0, 0.1) is 11.7 Å². The zero-order valence-corrected chi connectivity index (χ0v) is 19.9. The van der Waals surface area contributed by atoms with Gasteiger partial charge in [0, 0.05) is 17.8 Å². The lowest BCUT2D eigenvalue weighted by Gasteiger charge is -2.20. The number of benzene rings is 3. The summed E-state index contributed by atoms with van der Waals surface area (Å²) in [7, 11) is 0. The Hall–Kier alpha value is -4.65. The molecule has 1 amide bonds. The van der Waals surface area contributed by atoms with Crippen LogP contribution in [0.2, 0.25) is 0 Å². The number of nitrogens with one attached hydrogen (secondary N) is 1. The van der Waals surface area contributed by atoms with Gasteiger partial charge in [-0.3, -0.25) is 14.4 Å². The van der Waals surface area contributed by atoms with Gasteiger partial charge in [-0.25, -0.2) is 9.07 Å². The third-order valence-corrected chi connectivity index (χ3v) is 6.02. The normalized spacial score (nSPS) is 13.2. The van der Waals surface area contributed by atoms with Gasteiger partial charge in [-0.1, -0.05) is 29.5 Å². The van der Waals surface area contributed by atoms with Gasteiger partial charge in [0.05, 0.1) is 23.0 Å². The number of nitrogens with zero attached hydrogens (tertiary/aromatic N) is 3. The minimum absolute atomic E-state index is 0.129. The molecule has 0 aliphatic rings. The van der Waals surface area contributed by atoms with E-state index in [0.717, 1.165) is 10.7 Å². The maximum Gasteiger partial charge on any atom is 0.419 e. The van der Waals surface area contributed by atoms with Crippen molar-refractivity contribution in [2.45, 2.75) is 25.2 Å². The summed E-state index contributed by atoms with van der Waals surface area (Å²) in [6.07, 6.45) is -6.63. The fraction of sp³-hybridized carbons (Fsp3) is 0.192. The summed E-state index contributed by atoms with van der Waals surface area (Å²) in [6.45, 7) is -0.129. The van der Waals surface area contributed by atoms with Crippen molar-refractivity contribution in [1.82, 2.24) is 15.0 Å². The van der Waals surface area contributed by atoms with E-state index >= 15 is 0 Å². The van der Waals surface area contributed by atoms with Crippen LogP contribution in [-0.2, 0) is 17.5 Å². The van der Waals surface area contributed by atoms with Crippen molar-refractivity contribution in [3.8, 4) is 0 Å². The SMILES string of the molecule is O=C(Nc1ccc([C@@H](O)[C@H](CCn2nnc3ccccc3c2=O)C(=O)O)cc1)c1ccc(F)c(C(F)(F)F)c1. The molecule has 0 saturated heterocycles. The number of aliphatic hydroxyl groups excluding tert-OH is 1. The number of halogens is 4. The molecule has 4 rings (SSSR count). The molecule has 0 saturated carbocycles. The number of anilines is 1. The van der Waals surface area contributed by atoms with Crippen molar-refractivity contribution >= 4 is 28.5 Å². The van der Waals surface area contributed by atoms with Crippen LogP contribution in [-0.4, -0.2) is 37.1 Å². The quantitative estimate of drug-likeness (QED) is 0.285. The predicted molar refractivity (Wildman–Crippen MR) is 130 cm³/mol. The average molecular weight is 544 g/mol. The number of alkyl halides is 3. The molecule has 0 fully saturated rings. The Morgan fingerprint density at radius 2 is 1.72 bits per heavy atom. The Balaban J connectivity index is 1.45. The highest BCUT2D eigenvalue weighted by Gasteiger charge is 2.34. The number of aryl methyl sites for hydroxylation is 1. The molecule has 202 valence electrons. The molecule has 4 aromatic rings. The molecule has 0 bridgehead atoms. The Labute approximate surface area is 217 Å². The first kappa shape index (κ1) is 27.4. The minimum Gasteiger partial charge on any atom is -0.481 e. The van der Waals surface area contributed by atoms with E-state index in [1.165, 1.54) is 24.3 Å². The number of carbonyl (C=O) groups excluding carboxylic acids is 1. The van der Waals surface area contributed by atoms with E-state index in [9.17, 15) is 42.2 Å². The molecule has 0 aliphatic carbocycles. The van der Waals surface area contributed by atoms with Gasteiger partial charge in [-0.15, -0.1) is 5.10 Å². The van der Waals surface area contributed by atoms with Gasteiger partial charge in [-0.2, -0.15) is 13.2 Å². The number of hydrogen-bond donors (Lipinski definition) is 3. The van der Waals surface area contributed by atoms with E-state index in [2.05, 4.69) is 15.6 Å². The molecule has 39 heavy (non-hydrogen) atoms. The summed E-state index contributed by atoms with van der Waals surface area (Å²) in [4.78, 5) is 36.9. The number of amides is 1. The van der Waals surface area contributed by atoms with Crippen LogP contribution in [0.1, 0.15) is 34.0 Å². The summed E-state index contributed by atoms with van der Waals surface area (Å²) in [6, 6.07) is 13.7. The molecular formula is C26H20F4N4O5. The minimum atomic E-state index is -4.98. The lowest BCUT2D eigenvalue weighted by atomic mass is 9.92. The molecule has 3 N–H and O–H groups in total. The summed E-state index contributed by atoms with van der Waals surface area (Å²) >= 11 is 0. The summed E-state index contributed by atoms with van der Waals surface area (Å²) < 4.78 is 53.3. The fourth-order valence-electron chi connectivity index (χ4n) is 3.93. The number of aliphatic carboxylic acids is 1. The highest BCUT2D eigenvalue weighted by molar-refractivity contribution is 6.04. The first-order valence-corrected chi connectivity index (χ1v) is 11.5. The van der Waals surface area contributed by atoms with E-state index in [4.69, 9.17) is 0 Å². The van der Waals surface area contributed by atoms with E-state index in [1.54, 1.807) is 24.3 Å². The summed E-state index contributed by atoms with van der Waals surface area (Å²) in [5.41, 5.74) is -1.75. The molecule has 13 heteroatoms. The van der Waals surface area contributed by atoms with Crippen molar-refractivity contribution in [3.63, 3.8) is 0 Å². The molecule has 0 unspecified atom stereocenters. The van der Waals surface area contributed by atoms with Gasteiger partial charge in [0.1, 0.15) is 11.3 Å². The zero-order valence-electron chi connectivity index (χ0n) is 19.9. The van der Waals surface area contributed by atoms with E-state index in [-0.39, 0.29) is 24.2 Å². The van der Waals surface area contributed by atoms with Gasteiger partial charge in [0.15, 0.2) is 0 Å². The van der Waals surface area contributed by atoms with Crippen LogP contribution in [0.25, 0.3) is 10.9 Å². The lowest BCUT2D eigenvalue weighted by molar-refractivity contribution is -0.146. The fourth-order valence-corrected chi connectivity index (χ4v) is 3.93. The maximum absolute atomic E-state index is 13.5. The molecule has 3 aromatic carbocycles. The third kappa shape index (κ3) is 6.09. The predicted octanol–water partition coefficient (Wildman–Crippen LogP) is 4.03. The molecule has 1 heterocycles. The molecule has 0 aliphatic heterocycles. The van der Waals surface area contributed by atoms with Crippen LogP contribution < -0.4 is 10.9 Å². The Kier molecular flexibility index (Phi) is 7.72. The van der Waals surface area contributed by atoms with Crippen LogP contribution in [0.15, 0.2) is 71.5 Å². The van der Waals surface area contributed by atoms with Crippen molar-refractivity contribution in [3.05, 3.63) is 99.6 Å². The van der Waals surface area contributed by atoms with Crippen molar-refractivity contribution in [1.29, 1.82) is 0 Å². The van der Waals surface area contributed by atoms with Gasteiger partial charge >= 0.3 is 12.1 Å². The second-order valence-electron chi connectivity index (χ2n) is 8.58. The Bertz CT molecular complexity index is 1590. The van der Waals surface area contributed by atoms with Crippen molar-refractivity contribution < 1.29 is 37.4 Å². The standard InChI is InChI=1S/C26H20F4N4O5/c27-20-10-7-15(13-19(20)26(28,29)30)23(36)31-16-8-5-14(6-9-16)22(35)18(25(38)39)11-12-34-24(37)17-3-1-2-4-21(17)32-33-34/h1-10,13,18,22,35H,11-12H2,(H,31,36)(H,38,39)/t18-,22+/m0/s1. The van der Waals surface area contributed by atoms with Crippen molar-refractivity contribution in [2.24, 2.45) is 5.92 Å². The number of hydrogen-bond acceptors (Lipinski definition) is 6. The molecule has 0 radical (unpaired) electrons. The van der Waals surface area contributed by atoms with Gasteiger partial charge in [0.2, 0.25) is 0 Å². The molecule has 9 nitrogen and oxygen atoms in total. The second kappa shape index (κ2) is 11.0. The summed E-state index contributed by atoms with van der Waals surface area (Å²) in [5.74, 6) is -5.09. The smallest absolute Gasteiger partial charge is 0.419 e. The Morgan fingerprint density at radius 1 is 1.03 bits per heavy atom. The molecule has 0 spiro atoms. The first-order valence-electron chi connectivity index (χ1n) is 11.5. The number of aliphatic hydroxyl groups is 1. The van der Waals surface area contributed by atoms with Gasteiger partial charge in [0.25, 0.3) is 11.5 Å². The van der Waals surface area contributed by atoms with Gasteiger partial charge in [-0.05, 0) is 54.4 Å². The average Bonchev–Trinajstić information content (AvgIpc) is 2.89. The van der Waals surface area contributed by atoms with Crippen LogP contribution in [0.4, 0.5) is 23.2 Å². The lowest BCUT2D eigenvalue weighted by Crippen LogP contribution is -2.29. The Morgan fingerprint density at radius 3 is 2.38 bits per heavy atom. The van der Waals surface area contributed by atoms with Crippen LogP contribution >= 0.6 is 0 Å². The zero-order chi connectivity index (χ0) is 28.3. The van der Waals surface area contributed by atoms with Crippen molar-refractivity contribution in [2.75, 3.05) is 5.32 Å². The van der Waals surface area contributed by atoms with Gasteiger partial charge < -0.3 is 15.5 Å².